The summed E-state index contributed by atoms with van der Waals surface area (Å²) in [4.78, 5) is 8.79. The van der Waals surface area contributed by atoms with E-state index in [9.17, 15) is 0 Å². The van der Waals surface area contributed by atoms with Gasteiger partial charge in [-0.1, -0.05) is 0 Å². The molecule has 80 valence electrons. The highest BCUT2D eigenvalue weighted by molar-refractivity contribution is 7.98. The quantitative estimate of drug-likeness (QED) is 0.361. The molecule has 0 aliphatic carbocycles. The molecule has 0 aliphatic heterocycles. The van der Waals surface area contributed by atoms with Gasteiger partial charge in [-0.05, 0) is 13.2 Å². The van der Waals surface area contributed by atoms with Gasteiger partial charge in [0.25, 0.3) is 0 Å². The van der Waals surface area contributed by atoms with E-state index in [2.05, 4.69) is 31.1 Å². The molecule has 0 saturated heterocycles. The average Bonchev–Trinajstić information content (AvgIpc) is 2.03. The lowest BCUT2D eigenvalue weighted by molar-refractivity contribution is -0.00000319. The number of hydrogen-bond donors (Lipinski definition) is 0. The van der Waals surface area contributed by atoms with Crippen LogP contribution in [0.15, 0.2) is 11.2 Å². The smallest absolute Gasteiger partial charge is 0.329 e. The predicted octanol–water partition coefficient (Wildman–Crippen LogP) is -1.29. The van der Waals surface area contributed by atoms with Crippen LogP contribution in [0.2, 0.25) is 0 Å². The molecule has 0 fully saturated rings. The Morgan fingerprint density at radius 1 is 1.29 bits per heavy atom. The molecule has 1 aromatic rings. The number of aryl methyl sites for hydroxylation is 1. The number of quaternary nitrogens is 1. The summed E-state index contributed by atoms with van der Waals surface area (Å²) in [5.41, 5.74) is 1.14. The Kier molecular flexibility index (Phi) is 4.84. The first kappa shape index (κ1) is 13.7. The number of aromatic nitrogens is 2. The zero-order valence-corrected chi connectivity index (χ0v) is 10.8. The predicted molar refractivity (Wildman–Crippen MR) is 58.1 cm³/mol. The third-order valence-corrected chi connectivity index (χ3v) is 2.51. The summed E-state index contributed by atoms with van der Waals surface area (Å²) in [6.07, 6.45) is 3.92. The van der Waals surface area contributed by atoms with Gasteiger partial charge in [-0.3, -0.25) is 4.48 Å². The van der Waals surface area contributed by atoms with Crippen molar-refractivity contribution in [1.82, 2.24) is 14.5 Å². The molecule has 0 unspecified atom stereocenters. The summed E-state index contributed by atoms with van der Waals surface area (Å²) in [5, 5.41) is 1.07. The molecule has 3 nitrogen and oxygen atoms in total. The van der Waals surface area contributed by atoms with Crippen LogP contribution < -0.4 is 16.9 Å². The van der Waals surface area contributed by atoms with Crippen LogP contribution in [0.4, 0.5) is 5.95 Å². The van der Waals surface area contributed by atoms with Crippen LogP contribution in [0.5, 0.6) is 0 Å². The third-order valence-electron chi connectivity index (χ3n) is 1.71. The van der Waals surface area contributed by atoms with Crippen molar-refractivity contribution in [2.24, 2.45) is 0 Å². The monoisotopic (exact) mass is 233 g/mol. The van der Waals surface area contributed by atoms with Crippen molar-refractivity contribution in [3.63, 3.8) is 0 Å². The molecule has 0 amide bonds. The molecule has 0 radical (unpaired) electrons. The second kappa shape index (κ2) is 4.96. The lowest BCUT2D eigenvalue weighted by Gasteiger charge is -2.20. The van der Waals surface area contributed by atoms with Crippen LogP contribution in [0.1, 0.15) is 5.56 Å². The van der Waals surface area contributed by atoms with Crippen molar-refractivity contribution in [2.45, 2.75) is 11.9 Å². The maximum atomic E-state index is 4.49. The minimum Gasteiger partial charge on any atom is -1.00 e. The van der Waals surface area contributed by atoms with Gasteiger partial charge in [0.05, 0.1) is 21.1 Å². The largest absolute Gasteiger partial charge is 1.00 e. The maximum Gasteiger partial charge on any atom is 0.329 e. The Labute approximate surface area is 95.9 Å². The SMILES string of the molecule is CSc1nc([N+](C)(C)C)ncc1C.[Cl-]. The Bertz CT molecular complexity index is 309. The first-order chi connectivity index (χ1) is 5.95. The maximum absolute atomic E-state index is 4.49. The molecule has 0 N–H and O–H groups in total. The molecule has 0 bridgehead atoms. The van der Waals surface area contributed by atoms with Crippen molar-refractivity contribution in [3.8, 4) is 0 Å². The van der Waals surface area contributed by atoms with Gasteiger partial charge in [0.2, 0.25) is 0 Å². The van der Waals surface area contributed by atoms with Gasteiger partial charge in [0.1, 0.15) is 5.03 Å². The average molecular weight is 234 g/mol. The first-order valence-corrected chi connectivity index (χ1v) is 5.37. The zero-order valence-electron chi connectivity index (χ0n) is 9.21. The molecule has 0 aliphatic rings. The highest BCUT2D eigenvalue weighted by Gasteiger charge is 2.17. The fourth-order valence-electron chi connectivity index (χ4n) is 0.947. The summed E-state index contributed by atoms with van der Waals surface area (Å²) in [7, 11) is 6.19. The van der Waals surface area contributed by atoms with Gasteiger partial charge >= 0.3 is 5.95 Å². The van der Waals surface area contributed by atoms with E-state index in [1.54, 1.807) is 11.8 Å². The lowest BCUT2D eigenvalue weighted by Crippen LogP contribution is -3.00. The van der Waals surface area contributed by atoms with Gasteiger partial charge in [0, 0.05) is 11.8 Å². The number of nitrogens with zero attached hydrogens (tertiary/aromatic N) is 3. The summed E-state index contributed by atoms with van der Waals surface area (Å²) in [5.74, 6) is 0.856. The Balaban J connectivity index is 0.00000169. The molecule has 0 aromatic carbocycles. The second-order valence-corrected chi connectivity index (χ2v) is 4.67. The molecule has 0 spiro atoms. The normalized spacial score (nSPS) is 10.9. The molecule has 14 heavy (non-hydrogen) atoms. The van der Waals surface area contributed by atoms with Crippen LogP contribution in [0.25, 0.3) is 0 Å². The second-order valence-electron chi connectivity index (χ2n) is 3.87. The van der Waals surface area contributed by atoms with Crippen molar-refractivity contribution >= 4 is 17.7 Å². The van der Waals surface area contributed by atoms with E-state index >= 15 is 0 Å². The number of hydrogen-bond acceptors (Lipinski definition) is 3. The van der Waals surface area contributed by atoms with Gasteiger partial charge in [-0.2, -0.15) is 9.97 Å². The van der Waals surface area contributed by atoms with Gasteiger partial charge in [0.15, 0.2) is 0 Å². The summed E-state index contributed by atoms with van der Waals surface area (Å²) >= 11 is 1.66. The molecule has 1 aromatic heterocycles. The van der Waals surface area contributed by atoms with E-state index < -0.39 is 0 Å². The number of thioether (sulfide) groups is 1. The standard InChI is InChI=1S/C9H16N3S.ClH/c1-7-6-10-9(12(2,3)4)11-8(7)13-5;/h6H,1-5H3;1H/q+1;/p-1. The number of halogens is 1. The Hall–Kier alpha value is -0.320. The first-order valence-electron chi connectivity index (χ1n) is 4.15. The highest BCUT2D eigenvalue weighted by atomic mass is 35.5. The zero-order chi connectivity index (χ0) is 10.1. The van der Waals surface area contributed by atoms with E-state index in [0.717, 1.165) is 16.5 Å². The van der Waals surface area contributed by atoms with Crippen molar-refractivity contribution < 1.29 is 12.4 Å². The summed E-state index contributed by atoms with van der Waals surface area (Å²) < 4.78 is 0.661. The Morgan fingerprint density at radius 3 is 2.29 bits per heavy atom. The third kappa shape index (κ3) is 3.12. The van der Waals surface area contributed by atoms with Gasteiger partial charge in [-0.25, -0.2) is 0 Å². The summed E-state index contributed by atoms with van der Waals surface area (Å²) in [6, 6.07) is 0. The molecule has 5 heteroatoms. The van der Waals surface area contributed by atoms with Crippen molar-refractivity contribution in [1.29, 1.82) is 0 Å². The molecular weight excluding hydrogens is 218 g/mol. The van der Waals surface area contributed by atoms with Crippen molar-refractivity contribution in [3.05, 3.63) is 11.8 Å². The minimum absolute atomic E-state index is 0. The fourth-order valence-corrected chi connectivity index (χ4v) is 1.50. The van der Waals surface area contributed by atoms with Crippen LogP contribution >= 0.6 is 11.8 Å². The van der Waals surface area contributed by atoms with E-state index in [1.165, 1.54) is 0 Å². The number of rotatable bonds is 2. The molecule has 0 saturated carbocycles. The van der Waals surface area contributed by atoms with Gasteiger partial charge in [-0.15, -0.1) is 11.8 Å². The van der Waals surface area contributed by atoms with E-state index in [-0.39, 0.29) is 12.4 Å². The summed E-state index contributed by atoms with van der Waals surface area (Å²) in [6.45, 7) is 2.03. The molecule has 1 rings (SSSR count). The molecular formula is C9H16ClN3S. The van der Waals surface area contributed by atoms with Gasteiger partial charge < -0.3 is 12.4 Å². The van der Waals surface area contributed by atoms with Crippen LogP contribution in [-0.4, -0.2) is 37.4 Å². The van der Waals surface area contributed by atoms with Crippen LogP contribution in [0.3, 0.4) is 0 Å². The van der Waals surface area contributed by atoms with Crippen LogP contribution in [-0.2, 0) is 0 Å². The Morgan fingerprint density at radius 2 is 1.86 bits per heavy atom. The van der Waals surface area contributed by atoms with E-state index in [1.807, 2.05) is 19.4 Å². The fraction of sp³-hybridized carbons (Fsp3) is 0.556. The van der Waals surface area contributed by atoms with Crippen molar-refractivity contribution in [2.75, 3.05) is 27.4 Å². The highest BCUT2D eigenvalue weighted by Crippen LogP contribution is 2.19. The van der Waals surface area contributed by atoms with E-state index in [0.29, 0.717) is 4.48 Å². The topological polar surface area (TPSA) is 25.8 Å². The van der Waals surface area contributed by atoms with E-state index in [4.69, 9.17) is 0 Å². The minimum atomic E-state index is 0. The lowest BCUT2D eigenvalue weighted by atomic mass is 10.4. The van der Waals surface area contributed by atoms with Crippen LogP contribution in [0, 0.1) is 6.92 Å². The molecule has 0 atom stereocenters. The molecule has 1 heterocycles.